The predicted molar refractivity (Wildman–Crippen MR) is 69.7 cm³/mol. The molecule has 1 aromatic carbocycles. The summed E-state index contributed by atoms with van der Waals surface area (Å²) in [5.74, 6) is 0. The average Bonchev–Trinajstić information content (AvgIpc) is 2.72. The SMILES string of the molecule is C=C(C)CC(NC)c1ccc2c(c1)CCC2. The molecule has 0 saturated heterocycles. The molecule has 0 aliphatic heterocycles. The summed E-state index contributed by atoms with van der Waals surface area (Å²) < 4.78 is 0. The van der Waals surface area contributed by atoms with Crippen LogP contribution in [0.3, 0.4) is 0 Å². The van der Waals surface area contributed by atoms with E-state index in [0.717, 1.165) is 6.42 Å². The molecule has 16 heavy (non-hydrogen) atoms. The van der Waals surface area contributed by atoms with Crippen LogP contribution < -0.4 is 5.32 Å². The van der Waals surface area contributed by atoms with Crippen molar-refractivity contribution in [3.63, 3.8) is 0 Å². The van der Waals surface area contributed by atoms with Crippen LogP contribution in [-0.4, -0.2) is 7.05 Å². The van der Waals surface area contributed by atoms with Gasteiger partial charge in [0, 0.05) is 6.04 Å². The Kier molecular flexibility index (Phi) is 3.45. The van der Waals surface area contributed by atoms with E-state index in [1.165, 1.54) is 30.4 Å². The van der Waals surface area contributed by atoms with Crippen LogP contribution in [0, 0.1) is 0 Å². The van der Waals surface area contributed by atoms with E-state index < -0.39 is 0 Å². The smallest absolute Gasteiger partial charge is 0.0355 e. The lowest BCUT2D eigenvalue weighted by Gasteiger charge is -2.17. The largest absolute Gasteiger partial charge is 0.313 e. The number of hydrogen-bond acceptors (Lipinski definition) is 1. The zero-order chi connectivity index (χ0) is 11.5. The minimum absolute atomic E-state index is 0.420. The molecule has 0 bridgehead atoms. The maximum Gasteiger partial charge on any atom is 0.0355 e. The molecular weight excluding hydrogens is 194 g/mol. The Morgan fingerprint density at radius 3 is 2.81 bits per heavy atom. The summed E-state index contributed by atoms with van der Waals surface area (Å²) in [7, 11) is 2.03. The zero-order valence-electron chi connectivity index (χ0n) is 10.3. The minimum atomic E-state index is 0.420. The third-order valence-electron chi connectivity index (χ3n) is 3.43. The van der Waals surface area contributed by atoms with E-state index in [4.69, 9.17) is 0 Å². The maximum absolute atomic E-state index is 4.00. The predicted octanol–water partition coefficient (Wildman–Crippen LogP) is 3.40. The zero-order valence-corrected chi connectivity index (χ0v) is 10.3. The first-order valence-electron chi connectivity index (χ1n) is 6.14. The molecule has 1 heteroatoms. The first-order valence-corrected chi connectivity index (χ1v) is 6.14. The van der Waals surface area contributed by atoms with E-state index in [1.807, 2.05) is 7.05 Å². The molecule has 0 saturated carbocycles. The molecule has 1 aromatic rings. The molecule has 1 atom stereocenters. The van der Waals surface area contributed by atoms with Gasteiger partial charge in [0.2, 0.25) is 0 Å². The maximum atomic E-state index is 4.00. The molecule has 0 spiro atoms. The highest BCUT2D eigenvalue weighted by Gasteiger charge is 2.14. The fraction of sp³-hybridized carbons (Fsp3) is 0.467. The monoisotopic (exact) mass is 215 g/mol. The van der Waals surface area contributed by atoms with Gasteiger partial charge in [0.25, 0.3) is 0 Å². The average molecular weight is 215 g/mol. The summed E-state index contributed by atoms with van der Waals surface area (Å²) >= 11 is 0. The molecule has 1 aliphatic carbocycles. The Morgan fingerprint density at radius 2 is 2.12 bits per heavy atom. The van der Waals surface area contributed by atoms with Gasteiger partial charge in [-0.1, -0.05) is 23.8 Å². The van der Waals surface area contributed by atoms with Crippen LogP contribution in [-0.2, 0) is 12.8 Å². The minimum Gasteiger partial charge on any atom is -0.313 e. The van der Waals surface area contributed by atoms with Crippen molar-refractivity contribution >= 4 is 0 Å². The number of benzene rings is 1. The van der Waals surface area contributed by atoms with Crippen molar-refractivity contribution in [3.8, 4) is 0 Å². The number of aryl methyl sites for hydroxylation is 2. The Labute approximate surface area is 98.6 Å². The van der Waals surface area contributed by atoms with E-state index in [1.54, 1.807) is 11.1 Å². The molecule has 86 valence electrons. The lowest BCUT2D eigenvalue weighted by molar-refractivity contribution is 0.589. The van der Waals surface area contributed by atoms with E-state index in [9.17, 15) is 0 Å². The van der Waals surface area contributed by atoms with E-state index in [-0.39, 0.29) is 0 Å². The van der Waals surface area contributed by atoms with Crippen molar-refractivity contribution in [1.82, 2.24) is 5.32 Å². The van der Waals surface area contributed by atoms with E-state index in [0.29, 0.717) is 6.04 Å². The van der Waals surface area contributed by atoms with Crippen molar-refractivity contribution in [2.45, 2.75) is 38.6 Å². The van der Waals surface area contributed by atoms with Crippen LogP contribution in [0.1, 0.15) is 42.5 Å². The molecule has 0 fully saturated rings. The molecule has 0 radical (unpaired) electrons. The Bertz CT molecular complexity index is 392. The lowest BCUT2D eigenvalue weighted by Crippen LogP contribution is -2.16. The number of nitrogens with one attached hydrogen (secondary N) is 1. The van der Waals surface area contributed by atoms with Crippen LogP contribution in [0.5, 0.6) is 0 Å². The summed E-state index contributed by atoms with van der Waals surface area (Å²) in [4.78, 5) is 0. The third-order valence-corrected chi connectivity index (χ3v) is 3.43. The molecule has 1 nitrogen and oxygen atoms in total. The summed E-state index contributed by atoms with van der Waals surface area (Å²) in [5, 5.41) is 3.38. The van der Waals surface area contributed by atoms with Gasteiger partial charge in [0.05, 0.1) is 0 Å². The molecule has 0 heterocycles. The summed E-state index contributed by atoms with van der Waals surface area (Å²) in [6.07, 6.45) is 4.87. The second-order valence-corrected chi connectivity index (χ2v) is 4.88. The van der Waals surface area contributed by atoms with Gasteiger partial charge >= 0.3 is 0 Å². The summed E-state index contributed by atoms with van der Waals surface area (Å²) in [6, 6.07) is 7.38. The fourth-order valence-corrected chi connectivity index (χ4v) is 2.54. The Hall–Kier alpha value is -1.08. The van der Waals surface area contributed by atoms with Gasteiger partial charge in [0.15, 0.2) is 0 Å². The van der Waals surface area contributed by atoms with Crippen LogP contribution in [0.4, 0.5) is 0 Å². The van der Waals surface area contributed by atoms with Gasteiger partial charge in [-0.3, -0.25) is 0 Å². The highest BCUT2D eigenvalue weighted by Crippen LogP contribution is 2.27. The van der Waals surface area contributed by atoms with Gasteiger partial charge in [-0.2, -0.15) is 0 Å². The van der Waals surface area contributed by atoms with Crippen molar-refractivity contribution in [2.75, 3.05) is 7.05 Å². The molecular formula is C15H21N. The second-order valence-electron chi connectivity index (χ2n) is 4.88. The fourth-order valence-electron chi connectivity index (χ4n) is 2.54. The molecule has 1 unspecified atom stereocenters. The quantitative estimate of drug-likeness (QED) is 0.759. The standard InChI is InChI=1S/C15H21N/c1-11(2)9-15(16-3)14-8-7-12-5-4-6-13(12)10-14/h7-8,10,15-16H,1,4-6,9H2,2-3H3. The van der Waals surface area contributed by atoms with Crippen molar-refractivity contribution in [1.29, 1.82) is 0 Å². The van der Waals surface area contributed by atoms with Gasteiger partial charge in [-0.15, -0.1) is 6.58 Å². The van der Waals surface area contributed by atoms with Crippen LogP contribution in [0.15, 0.2) is 30.4 Å². The van der Waals surface area contributed by atoms with E-state index in [2.05, 4.69) is 37.0 Å². The molecule has 2 rings (SSSR count). The summed E-state index contributed by atoms with van der Waals surface area (Å²) in [6.45, 7) is 6.10. The van der Waals surface area contributed by atoms with Crippen molar-refractivity contribution in [3.05, 3.63) is 47.0 Å². The Balaban J connectivity index is 2.21. The third kappa shape index (κ3) is 2.35. The number of hydrogen-bond donors (Lipinski definition) is 1. The van der Waals surface area contributed by atoms with Gasteiger partial charge in [-0.05, 0) is 56.3 Å². The van der Waals surface area contributed by atoms with Crippen LogP contribution in [0.25, 0.3) is 0 Å². The first-order chi connectivity index (χ1) is 7.70. The number of fused-ring (bicyclic) bond motifs is 1. The lowest BCUT2D eigenvalue weighted by atomic mass is 9.97. The van der Waals surface area contributed by atoms with Gasteiger partial charge < -0.3 is 5.32 Å². The van der Waals surface area contributed by atoms with Crippen molar-refractivity contribution in [2.24, 2.45) is 0 Å². The Morgan fingerprint density at radius 1 is 1.38 bits per heavy atom. The van der Waals surface area contributed by atoms with Crippen LogP contribution in [0.2, 0.25) is 0 Å². The molecule has 1 aliphatic rings. The molecule has 0 aromatic heterocycles. The van der Waals surface area contributed by atoms with E-state index >= 15 is 0 Å². The highest BCUT2D eigenvalue weighted by atomic mass is 14.9. The second kappa shape index (κ2) is 4.84. The van der Waals surface area contributed by atoms with Gasteiger partial charge in [0.1, 0.15) is 0 Å². The van der Waals surface area contributed by atoms with Crippen molar-refractivity contribution < 1.29 is 0 Å². The molecule has 1 N–H and O–H groups in total. The van der Waals surface area contributed by atoms with Crippen LogP contribution >= 0.6 is 0 Å². The van der Waals surface area contributed by atoms with Gasteiger partial charge in [-0.25, -0.2) is 0 Å². The topological polar surface area (TPSA) is 12.0 Å². The first kappa shape index (κ1) is 11.4. The normalized spacial score (nSPS) is 15.9. The molecule has 0 amide bonds. The highest BCUT2D eigenvalue weighted by molar-refractivity contribution is 5.36. The summed E-state index contributed by atoms with van der Waals surface area (Å²) in [5.41, 5.74) is 5.75. The number of rotatable bonds is 4.